The number of halogens is 4. The highest BCUT2D eigenvalue weighted by molar-refractivity contribution is 9.10. The summed E-state index contributed by atoms with van der Waals surface area (Å²) in [4.78, 5) is 14.8. The van der Waals surface area contributed by atoms with E-state index in [1.54, 1.807) is 0 Å². The number of aliphatic hydroxyl groups excluding tert-OH is 1. The van der Waals surface area contributed by atoms with Gasteiger partial charge in [-0.05, 0) is 15.9 Å². The molecule has 1 aromatic rings. The third-order valence-electron chi connectivity index (χ3n) is 1.57. The fourth-order valence-electron chi connectivity index (χ4n) is 0.849. The second kappa shape index (κ2) is 5.01. The second-order valence-corrected chi connectivity index (χ2v) is 6.05. The zero-order valence-electron chi connectivity index (χ0n) is 7.20. The number of hydrogen-bond acceptors (Lipinski definition) is 3. The van der Waals surface area contributed by atoms with Gasteiger partial charge in [0, 0.05) is 12.4 Å². The molecular weight excluding hydrogens is 330 g/mol. The van der Waals surface area contributed by atoms with Crippen molar-refractivity contribution in [2.75, 3.05) is 0 Å². The van der Waals surface area contributed by atoms with Crippen molar-refractivity contribution >= 4 is 50.7 Å². The number of aliphatic hydroxyl groups is 1. The van der Waals surface area contributed by atoms with Crippen molar-refractivity contribution in [3.63, 3.8) is 0 Å². The monoisotopic (exact) mass is 334 g/mol. The largest absolute Gasteiger partial charge is 0.387 e. The van der Waals surface area contributed by atoms with E-state index >= 15 is 0 Å². The molecule has 0 fully saturated rings. The van der Waals surface area contributed by atoms with Gasteiger partial charge in [0.15, 0.2) is 0 Å². The molecule has 1 unspecified atom stereocenters. The van der Waals surface area contributed by atoms with Gasteiger partial charge in [-0.3, -0.25) is 4.57 Å². The van der Waals surface area contributed by atoms with Gasteiger partial charge >= 0.3 is 5.69 Å². The van der Waals surface area contributed by atoms with Gasteiger partial charge in [-0.25, -0.2) is 9.78 Å². The minimum atomic E-state index is -1.83. The fourth-order valence-corrected chi connectivity index (χ4v) is 1.41. The molecule has 0 radical (unpaired) electrons. The summed E-state index contributed by atoms with van der Waals surface area (Å²) in [6, 6.07) is 0. The van der Waals surface area contributed by atoms with Crippen LogP contribution >= 0.6 is 50.7 Å². The van der Waals surface area contributed by atoms with E-state index in [0.29, 0.717) is 4.47 Å². The summed E-state index contributed by atoms with van der Waals surface area (Å²) in [5, 5.41) is 9.46. The van der Waals surface area contributed by atoms with E-state index in [-0.39, 0.29) is 6.54 Å². The van der Waals surface area contributed by atoms with Gasteiger partial charge in [-0.2, -0.15) is 0 Å². The van der Waals surface area contributed by atoms with Crippen molar-refractivity contribution < 1.29 is 5.11 Å². The minimum absolute atomic E-state index is 0.137. The first-order valence-corrected chi connectivity index (χ1v) is 5.70. The summed E-state index contributed by atoms with van der Waals surface area (Å²) in [7, 11) is 0. The Kier molecular flexibility index (Phi) is 4.43. The topological polar surface area (TPSA) is 55.1 Å². The van der Waals surface area contributed by atoms with Crippen molar-refractivity contribution in [3.05, 3.63) is 27.4 Å². The van der Waals surface area contributed by atoms with Crippen LogP contribution in [0.25, 0.3) is 0 Å². The van der Waals surface area contributed by atoms with E-state index in [2.05, 4.69) is 20.9 Å². The van der Waals surface area contributed by atoms with Crippen molar-refractivity contribution in [1.29, 1.82) is 0 Å². The standard InChI is InChI=1S/C7H6BrCl3N2O2/c8-4-1-12-6(15)13(2-4)3-5(14)7(9,10)11/h1-2,5,14H,3H2. The SMILES string of the molecule is O=c1ncc(Br)cn1CC(O)C(Cl)(Cl)Cl. The lowest BCUT2D eigenvalue weighted by molar-refractivity contribution is 0.156. The molecule has 0 amide bonds. The van der Waals surface area contributed by atoms with E-state index < -0.39 is 15.6 Å². The van der Waals surface area contributed by atoms with Crippen LogP contribution < -0.4 is 5.69 Å². The maximum Gasteiger partial charge on any atom is 0.347 e. The Labute approximate surface area is 109 Å². The molecule has 0 spiro atoms. The van der Waals surface area contributed by atoms with Crippen molar-refractivity contribution in [2.45, 2.75) is 16.4 Å². The van der Waals surface area contributed by atoms with Gasteiger partial charge in [0.05, 0.1) is 11.0 Å². The molecule has 1 aromatic heterocycles. The normalized spacial score (nSPS) is 13.9. The Hall–Kier alpha value is 0.190. The van der Waals surface area contributed by atoms with Crippen molar-refractivity contribution in [3.8, 4) is 0 Å². The molecule has 0 aliphatic rings. The maximum absolute atomic E-state index is 11.2. The third-order valence-corrected chi connectivity index (χ3v) is 2.74. The molecule has 4 nitrogen and oxygen atoms in total. The number of rotatable bonds is 2. The van der Waals surface area contributed by atoms with Crippen LogP contribution in [0.3, 0.4) is 0 Å². The highest BCUT2D eigenvalue weighted by Crippen LogP contribution is 2.30. The van der Waals surface area contributed by atoms with Crippen molar-refractivity contribution in [2.24, 2.45) is 0 Å². The number of alkyl halides is 3. The van der Waals surface area contributed by atoms with Crippen molar-refractivity contribution in [1.82, 2.24) is 9.55 Å². The van der Waals surface area contributed by atoms with Crippen LogP contribution in [0.15, 0.2) is 21.7 Å². The van der Waals surface area contributed by atoms with Crippen LogP contribution in [-0.2, 0) is 6.54 Å². The molecule has 0 saturated carbocycles. The van der Waals surface area contributed by atoms with Crippen LogP contribution in [0.4, 0.5) is 0 Å². The summed E-state index contributed by atoms with van der Waals surface area (Å²) >= 11 is 19.5. The van der Waals surface area contributed by atoms with E-state index in [1.807, 2.05) is 0 Å². The third kappa shape index (κ3) is 3.92. The number of aromatic nitrogens is 2. The Morgan fingerprint density at radius 3 is 2.73 bits per heavy atom. The Morgan fingerprint density at radius 2 is 2.20 bits per heavy atom. The maximum atomic E-state index is 11.2. The first-order chi connectivity index (χ1) is 6.80. The first-order valence-electron chi connectivity index (χ1n) is 3.77. The zero-order valence-corrected chi connectivity index (χ0v) is 11.1. The van der Waals surface area contributed by atoms with Crippen LogP contribution in [0, 0.1) is 0 Å². The smallest absolute Gasteiger partial charge is 0.347 e. The van der Waals surface area contributed by atoms with E-state index in [9.17, 15) is 9.90 Å². The molecule has 0 saturated heterocycles. The summed E-state index contributed by atoms with van der Waals surface area (Å²) < 4.78 is -0.0862. The summed E-state index contributed by atoms with van der Waals surface area (Å²) in [5.41, 5.74) is -0.522. The molecule has 0 aliphatic heterocycles. The predicted octanol–water partition coefficient (Wildman–Crippen LogP) is 1.74. The van der Waals surface area contributed by atoms with Crippen LogP contribution in [0.1, 0.15) is 0 Å². The average molecular weight is 336 g/mol. The van der Waals surface area contributed by atoms with E-state index in [1.165, 1.54) is 12.4 Å². The van der Waals surface area contributed by atoms with E-state index in [0.717, 1.165) is 4.57 Å². The van der Waals surface area contributed by atoms with Crippen LogP contribution in [0.5, 0.6) is 0 Å². The molecule has 8 heteroatoms. The van der Waals surface area contributed by atoms with E-state index in [4.69, 9.17) is 34.8 Å². The summed E-state index contributed by atoms with van der Waals surface area (Å²) in [6.45, 7) is -0.137. The van der Waals surface area contributed by atoms with Crippen LogP contribution in [0.2, 0.25) is 0 Å². The zero-order chi connectivity index (χ0) is 11.6. The van der Waals surface area contributed by atoms with Gasteiger partial charge in [-0.1, -0.05) is 34.8 Å². The van der Waals surface area contributed by atoms with Gasteiger partial charge in [0.2, 0.25) is 3.79 Å². The Balaban J connectivity index is 2.90. The molecule has 1 heterocycles. The molecule has 0 bridgehead atoms. The molecule has 1 N–H and O–H groups in total. The Morgan fingerprint density at radius 1 is 1.60 bits per heavy atom. The lowest BCUT2D eigenvalue weighted by Crippen LogP contribution is -2.35. The van der Waals surface area contributed by atoms with Gasteiger partial charge in [-0.15, -0.1) is 0 Å². The highest BCUT2D eigenvalue weighted by Gasteiger charge is 2.31. The van der Waals surface area contributed by atoms with Gasteiger partial charge in [0.1, 0.15) is 6.10 Å². The molecule has 84 valence electrons. The Bertz CT molecular complexity index is 404. The van der Waals surface area contributed by atoms with Gasteiger partial charge in [0.25, 0.3) is 0 Å². The first kappa shape index (κ1) is 13.3. The number of hydrogen-bond donors (Lipinski definition) is 1. The molecule has 15 heavy (non-hydrogen) atoms. The lowest BCUT2D eigenvalue weighted by Gasteiger charge is -2.19. The second-order valence-electron chi connectivity index (χ2n) is 2.76. The lowest BCUT2D eigenvalue weighted by atomic mass is 10.4. The fraction of sp³-hybridized carbons (Fsp3) is 0.429. The average Bonchev–Trinajstić information content (AvgIpc) is 2.09. The molecule has 0 aliphatic carbocycles. The minimum Gasteiger partial charge on any atom is -0.387 e. The molecular formula is C7H6BrCl3N2O2. The highest BCUT2D eigenvalue weighted by atomic mass is 79.9. The number of nitrogens with zero attached hydrogens (tertiary/aromatic N) is 2. The molecule has 0 aromatic carbocycles. The summed E-state index contributed by atoms with van der Waals surface area (Å²) in [5.74, 6) is 0. The summed E-state index contributed by atoms with van der Waals surface area (Å²) in [6.07, 6.45) is 1.52. The molecule has 1 rings (SSSR count). The van der Waals surface area contributed by atoms with Crippen LogP contribution in [-0.4, -0.2) is 24.6 Å². The molecule has 1 atom stereocenters. The van der Waals surface area contributed by atoms with Gasteiger partial charge < -0.3 is 5.11 Å². The predicted molar refractivity (Wildman–Crippen MR) is 62.5 cm³/mol. The quantitative estimate of drug-likeness (QED) is 0.837.